The number of rotatable bonds is 4. The molecule has 1 saturated heterocycles. The highest BCUT2D eigenvalue weighted by molar-refractivity contribution is 5.69. The standard InChI is InChI=1S/C14H20O9/c1-6-11(20-7(2)15)12(21-8(3)16)13(22-9(4)17)14(19-6)23-10(5)18/h6,11-14H,1-5H3/t6-,11-,12+,13-,14+/m0/s1. The maximum absolute atomic E-state index is 11.4. The van der Waals surface area contributed by atoms with E-state index in [-0.39, 0.29) is 0 Å². The molecule has 0 unspecified atom stereocenters. The molecule has 0 saturated carbocycles. The van der Waals surface area contributed by atoms with E-state index in [1.54, 1.807) is 6.92 Å². The lowest BCUT2D eigenvalue weighted by Crippen LogP contribution is -2.61. The largest absolute Gasteiger partial charge is 0.456 e. The van der Waals surface area contributed by atoms with E-state index in [4.69, 9.17) is 23.7 Å². The van der Waals surface area contributed by atoms with Crippen molar-refractivity contribution in [3.05, 3.63) is 0 Å². The molecule has 0 spiro atoms. The van der Waals surface area contributed by atoms with Crippen LogP contribution < -0.4 is 0 Å². The molecule has 0 aromatic rings. The van der Waals surface area contributed by atoms with Gasteiger partial charge in [0.05, 0.1) is 6.10 Å². The molecule has 0 aromatic carbocycles. The molecule has 1 rings (SSSR count). The van der Waals surface area contributed by atoms with E-state index in [2.05, 4.69) is 0 Å². The summed E-state index contributed by atoms with van der Waals surface area (Å²) in [5.41, 5.74) is 0. The number of hydrogen-bond acceptors (Lipinski definition) is 9. The molecule has 5 atom stereocenters. The number of esters is 4. The molecule has 0 aromatic heterocycles. The minimum Gasteiger partial charge on any atom is -0.456 e. The zero-order chi connectivity index (χ0) is 17.7. The van der Waals surface area contributed by atoms with Gasteiger partial charge in [0, 0.05) is 27.7 Å². The van der Waals surface area contributed by atoms with Crippen molar-refractivity contribution in [2.24, 2.45) is 0 Å². The molecule has 9 nitrogen and oxygen atoms in total. The predicted molar refractivity (Wildman–Crippen MR) is 72.8 cm³/mol. The molecule has 0 aliphatic carbocycles. The van der Waals surface area contributed by atoms with E-state index in [0.29, 0.717) is 0 Å². The summed E-state index contributed by atoms with van der Waals surface area (Å²) in [5, 5.41) is 0. The zero-order valence-electron chi connectivity index (χ0n) is 13.6. The van der Waals surface area contributed by atoms with Gasteiger partial charge in [0.15, 0.2) is 12.2 Å². The second-order valence-electron chi connectivity index (χ2n) is 5.04. The van der Waals surface area contributed by atoms with Crippen LogP contribution >= 0.6 is 0 Å². The molecular weight excluding hydrogens is 312 g/mol. The van der Waals surface area contributed by atoms with Crippen LogP contribution in [0.5, 0.6) is 0 Å². The third kappa shape index (κ3) is 5.51. The van der Waals surface area contributed by atoms with Gasteiger partial charge in [-0.15, -0.1) is 0 Å². The normalized spacial score (nSPS) is 30.0. The topological polar surface area (TPSA) is 114 Å². The van der Waals surface area contributed by atoms with Crippen molar-refractivity contribution in [2.45, 2.75) is 65.3 Å². The van der Waals surface area contributed by atoms with E-state index in [9.17, 15) is 19.2 Å². The second kappa shape index (κ2) is 7.91. The fraction of sp³-hybridized carbons (Fsp3) is 0.714. The Kier molecular flexibility index (Phi) is 6.49. The van der Waals surface area contributed by atoms with Crippen LogP contribution in [0.15, 0.2) is 0 Å². The molecule has 23 heavy (non-hydrogen) atoms. The summed E-state index contributed by atoms with van der Waals surface area (Å²) < 4.78 is 25.7. The highest BCUT2D eigenvalue weighted by Crippen LogP contribution is 2.29. The monoisotopic (exact) mass is 332 g/mol. The predicted octanol–water partition coefficient (Wildman–Crippen LogP) is 0.0894. The molecule has 9 heteroatoms. The van der Waals surface area contributed by atoms with Crippen molar-refractivity contribution in [3.63, 3.8) is 0 Å². The van der Waals surface area contributed by atoms with Crippen LogP contribution in [-0.4, -0.2) is 54.6 Å². The van der Waals surface area contributed by atoms with Crippen molar-refractivity contribution in [1.29, 1.82) is 0 Å². The molecule has 0 N–H and O–H groups in total. The Morgan fingerprint density at radius 1 is 0.652 bits per heavy atom. The highest BCUT2D eigenvalue weighted by atomic mass is 16.7. The van der Waals surface area contributed by atoms with Gasteiger partial charge < -0.3 is 23.7 Å². The number of hydrogen-bond donors (Lipinski definition) is 0. The summed E-state index contributed by atoms with van der Waals surface area (Å²) in [6.07, 6.45) is -5.51. The summed E-state index contributed by atoms with van der Waals surface area (Å²) in [5.74, 6) is -2.69. The quantitative estimate of drug-likeness (QED) is 0.521. The molecular formula is C14H20O9. The fourth-order valence-electron chi connectivity index (χ4n) is 2.23. The van der Waals surface area contributed by atoms with Gasteiger partial charge in [-0.1, -0.05) is 0 Å². The summed E-state index contributed by atoms with van der Waals surface area (Å²) in [6, 6.07) is 0. The van der Waals surface area contributed by atoms with Crippen LogP contribution in [0.3, 0.4) is 0 Å². The Labute approximate surface area is 133 Å². The van der Waals surface area contributed by atoms with Gasteiger partial charge in [-0.3, -0.25) is 19.2 Å². The smallest absolute Gasteiger partial charge is 0.305 e. The van der Waals surface area contributed by atoms with Crippen LogP contribution in [0.2, 0.25) is 0 Å². The molecule has 0 amide bonds. The van der Waals surface area contributed by atoms with Crippen molar-refractivity contribution in [3.8, 4) is 0 Å². The molecule has 0 bridgehead atoms. The van der Waals surface area contributed by atoms with E-state index in [0.717, 1.165) is 20.8 Å². The van der Waals surface area contributed by atoms with Crippen molar-refractivity contribution in [2.75, 3.05) is 0 Å². The van der Waals surface area contributed by atoms with E-state index in [1.165, 1.54) is 6.92 Å². The maximum Gasteiger partial charge on any atom is 0.305 e. The average molecular weight is 332 g/mol. The van der Waals surface area contributed by atoms with Crippen molar-refractivity contribution >= 4 is 23.9 Å². The fourth-order valence-corrected chi connectivity index (χ4v) is 2.23. The lowest BCUT2D eigenvalue weighted by atomic mass is 9.99. The van der Waals surface area contributed by atoms with Crippen LogP contribution in [0, 0.1) is 0 Å². The SMILES string of the molecule is CC(=O)O[C@H]1O[C@@H](C)[C@H](OC(C)=O)[C@@H](OC(C)=O)[C@@H]1OC(C)=O. The van der Waals surface area contributed by atoms with Crippen molar-refractivity contribution in [1.82, 2.24) is 0 Å². The minimum atomic E-state index is -1.29. The number of carbonyl (C=O) groups is 4. The molecule has 130 valence electrons. The van der Waals surface area contributed by atoms with Gasteiger partial charge in [-0.25, -0.2) is 0 Å². The van der Waals surface area contributed by atoms with Gasteiger partial charge in [0.25, 0.3) is 0 Å². The summed E-state index contributed by atoms with van der Waals surface area (Å²) in [7, 11) is 0. The van der Waals surface area contributed by atoms with Gasteiger partial charge in [-0.2, -0.15) is 0 Å². The van der Waals surface area contributed by atoms with Crippen molar-refractivity contribution < 1.29 is 42.9 Å². The Balaban J connectivity index is 3.15. The number of ether oxygens (including phenoxy) is 5. The lowest BCUT2D eigenvalue weighted by Gasteiger charge is -2.42. The van der Waals surface area contributed by atoms with E-state index in [1.807, 2.05) is 0 Å². The Morgan fingerprint density at radius 2 is 1.04 bits per heavy atom. The Hall–Kier alpha value is -2.16. The van der Waals surface area contributed by atoms with Gasteiger partial charge in [0.1, 0.15) is 0 Å². The Bertz CT molecular complexity index is 487. The van der Waals surface area contributed by atoms with Gasteiger partial charge in [-0.05, 0) is 6.92 Å². The summed E-state index contributed by atoms with van der Waals surface area (Å²) in [6.45, 7) is 6.16. The average Bonchev–Trinajstić information content (AvgIpc) is 2.36. The second-order valence-corrected chi connectivity index (χ2v) is 5.04. The highest BCUT2D eigenvalue weighted by Gasteiger charge is 2.51. The lowest BCUT2D eigenvalue weighted by molar-refractivity contribution is -0.292. The van der Waals surface area contributed by atoms with E-state index < -0.39 is 54.6 Å². The third-order valence-electron chi connectivity index (χ3n) is 2.92. The van der Waals surface area contributed by atoms with Crippen LogP contribution in [0.4, 0.5) is 0 Å². The first-order chi connectivity index (χ1) is 10.6. The first kappa shape index (κ1) is 18.9. The molecule has 1 heterocycles. The minimum absolute atomic E-state index is 0.630. The van der Waals surface area contributed by atoms with Gasteiger partial charge in [0.2, 0.25) is 12.4 Å². The number of carbonyl (C=O) groups excluding carboxylic acids is 4. The van der Waals surface area contributed by atoms with Crippen LogP contribution in [-0.2, 0) is 42.9 Å². The maximum atomic E-state index is 11.4. The molecule has 1 fully saturated rings. The summed E-state index contributed by atoms with van der Waals surface area (Å²) in [4.78, 5) is 45.1. The Morgan fingerprint density at radius 3 is 1.48 bits per heavy atom. The first-order valence-electron chi connectivity index (χ1n) is 6.96. The molecule has 0 radical (unpaired) electrons. The first-order valence-corrected chi connectivity index (χ1v) is 6.96. The van der Waals surface area contributed by atoms with Gasteiger partial charge >= 0.3 is 23.9 Å². The summed E-state index contributed by atoms with van der Waals surface area (Å²) >= 11 is 0. The van der Waals surface area contributed by atoms with E-state index >= 15 is 0 Å². The molecule has 1 aliphatic heterocycles. The van der Waals surface area contributed by atoms with Crippen LogP contribution in [0.1, 0.15) is 34.6 Å². The third-order valence-corrected chi connectivity index (χ3v) is 2.92. The van der Waals surface area contributed by atoms with Crippen LogP contribution in [0.25, 0.3) is 0 Å². The zero-order valence-corrected chi connectivity index (χ0v) is 13.6. The molecule has 1 aliphatic rings.